The molecule has 3 heterocycles. The van der Waals surface area contributed by atoms with Crippen LogP contribution in [0, 0.1) is 5.41 Å². The van der Waals surface area contributed by atoms with Crippen molar-refractivity contribution in [1.29, 1.82) is 0 Å². The molecule has 1 fully saturated rings. The number of aromatic nitrogens is 4. The van der Waals surface area contributed by atoms with Crippen molar-refractivity contribution in [2.24, 2.45) is 5.41 Å². The van der Waals surface area contributed by atoms with Crippen molar-refractivity contribution in [3.8, 4) is 0 Å². The average Bonchev–Trinajstić information content (AvgIpc) is 3.80. The van der Waals surface area contributed by atoms with Gasteiger partial charge in [-0.25, -0.2) is 19.3 Å². The van der Waals surface area contributed by atoms with Crippen LogP contribution >= 0.6 is 23.5 Å². The molecule has 67 heavy (non-hydrogen) atoms. The molecule has 25 nitrogen and oxygen atoms in total. The zero-order valence-corrected chi connectivity index (χ0v) is 40.7. The minimum absolute atomic E-state index is 0.0262. The number of Topliss-reactive ketones (excluding diaryl/α,β-unsaturated/α-hetero) is 2. The number of nitrogen functional groups attached to an aromatic ring is 1. The number of ketones is 2. The Morgan fingerprint density at radius 3 is 2.01 bits per heavy atom. The molecule has 0 radical (unpaired) electrons. The molecule has 1 aliphatic rings. The molecule has 3 rings (SSSR count). The molecule has 7 unspecified atom stereocenters. The van der Waals surface area contributed by atoms with Gasteiger partial charge >= 0.3 is 0 Å². The Bertz CT molecular complexity index is 2050. The summed E-state index contributed by atoms with van der Waals surface area (Å²) in [6, 6.07) is 0. The third kappa shape index (κ3) is 21.2. The number of phosphoric acid groups is 3. The van der Waals surface area contributed by atoms with Crippen LogP contribution in [0.1, 0.15) is 136 Å². The number of hydrogen-bond donors (Lipinski definition) is 5. The van der Waals surface area contributed by atoms with E-state index in [4.69, 9.17) is 10.5 Å². The molecule has 7 atom stereocenters. The van der Waals surface area contributed by atoms with Gasteiger partial charge in [-0.1, -0.05) is 97.8 Å². The number of unbranched alkanes of at least 4 members (excludes halogenated alkanes) is 12. The normalized spacial score (nSPS) is 20.0. The fourth-order valence-corrected chi connectivity index (χ4v) is 9.73. The molecule has 382 valence electrons. The van der Waals surface area contributed by atoms with Gasteiger partial charge in [0, 0.05) is 37.8 Å². The summed E-state index contributed by atoms with van der Waals surface area (Å²) in [5.41, 5.74) is 4.04. The van der Waals surface area contributed by atoms with E-state index in [1.54, 1.807) is 0 Å². The van der Waals surface area contributed by atoms with Crippen molar-refractivity contribution >= 4 is 63.8 Å². The molecule has 2 amide bonds. The summed E-state index contributed by atoms with van der Waals surface area (Å²) in [6.45, 7) is 1.98. The van der Waals surface area contributed by atoms with E-state index in [9.17, 15) is 62.7 Å². The van der Waals surface area contributed by atoms with Gasteiger partial charge in [-0.15, -0.1) is 0 Å². The lowest BCUT2D eigenvalue weighted by Gasteiger charge is -2.36. The third-order valence-electron chi connectivity index (χ3n) is 10.7. The number of aliphatic hydroxyl groups excluding tert-OH is 2. The van der Waals surface area contributed by atoms with E-state index in [2.05, 4.69) is 50.4 Å². The summed E-state index contributed by atoms with van der Waals surface area (Å²) in [4.78, 5) is 109. The third-order valence-corrected chi connectivity index (χ3v) is 13.7. The van der Waals surface area contributed by atoms with Crippen LogP contribution in [0.15, 0.2) is 12.7 Å². The number of ether oxygens (including phenoxy) is 1. The molecular weight excluding hydrogens is 947 g/mol. The predicted octanol–water partition coefficient (Wildman–Crippen LogP) is 1.28. The highest BCUT2D eigenvalue weighted by atomic mass is 31.3. The highest BCUT2D eigenvalue weighted by Gasteiger charge is 2.47. The number of aliphatic hydroxyl groups is 2. The van der Waals surface area contributed by atoms with Crippen LogP contribution in [0.4, 0.5) is 5.82 Å². The van der Waals surface area contributed by atoms with Crippen molar-refractivity contribution in [1.82, 2.24) is 30.2 Å². The van der Waals surface area contributed by atoms with Gasteiger partial charge in [0.05, 0.1) is 33.8 Å². The van der Waals surface area contributed by atoms with Crippen LogP contribution in [0.2, 0.25) is 0 Å². The van der Waals surface area contributed by atoms with Crippen LogP contribution in [0.5, 0.6) is 0 Å². The first kappa shape index (κ1) is 58.2. The van der Waals surface area contributed by atoms with Gasteiger partial charge in [-0.05, 0) is 6.42 Å². The molecule has 6 N–H and O–H groups in total. The number of imidazole rings is 1. The molecular formula is C39H64N7O18P3-4. The van der Waals surface area contributed by atoms with Crippen molar-refractivity contribution in [2.45, 2.75) is 161 Å². The van der Waals surface area contributed by atoms with Crippen molar-refractivity contribution in [3.05, 3.63) is 12.7 Å². The Kier molecular flexibility index (Phi) is 24.2. The molecule has 2 aromatic rings. The van der Waals surface area contributed by atoms with Gasteiger partial charge in [0.15, 0.2) is 17.7 Å². The largest absolute Gasteiger partial charge is 0.790 e. The van der Waals surface area contributed by atoms with E-state index in [1.165, 1.54) is 71.6 Å². The van der Waals surface area contributed by atoms with Gasteiger partial charge in [0.25, 0.3) is 15.6 Å². The van der Waals surface area contributed by atoms with Crippen LogP contribution in [0.25, 0.3) is 11.2 Å². The van der Waals surface area contributed by atoms with Crippen LogP contribution in [-0.2, 0) is 55.5 Å². The summed E-state index contributed by atoms with van der Waals surface area (Å²) in [5, 5.41) is 26.2. The number of rotatable bonds is 35. The summed E-state index contributed by atoms with van der Waals surface area (Å²) >= 11 is 0. The van der Waals surface area contributed by atoms with Gasteiger partial charge in [-0.3, -0.25) is 32.9 Å². The number of nitrogens with one attached hydrogen (secondary N) is 2. The van der Waals surface area contributed by atoms with E-state index in [0.29, 0.717) is 6.42 Å². The first-order valence-corrected chi connectivity index (χ1v) is 26.7. The molecule has 0 aromatic carbocycles. The number of hydrogen-bond acceptors (Lipinski definition) is 22. The summed E-state index contributed by atoms with van der Waals surface area (Å²) < 4.78 is 60.7. The second-order valence-electron chi connectivity index (χ2n) is 17.0. The second kappa shape index (κ2) is 27.9. The van der Waals surface area contributed by atoms with Crippen LogP contribution < -0.4 is 35.9 Å². The fourth-order valence-electron chi connectivity index (χ4n) is 6.99. The van der Waals surface area contributed by atoms with Gasteiger partial charge in [0.1, 0.15) is 47.8 Å². The van der Waals surface area contributed by atoms with Crippen LogP contribution in [-0.4, -0.2) is 104 Å². The highest BCUT2D eigenvalue weighted by Crippen LogP contribution is 2.56. The molecule has 0 bridgehead atoms. The molecule has 0 aliphatic carbocycles. The van der Waals surface area contributed by atoms with E-state index in [-0.39, 0.29) is 60.9 Å². The SMILES string of the molecule is CCCCCCCCCCCCCCCC(=O)CC(=O)CCNC(=O)CCNC(=O)C(O)C(C)(C)COP(=O)([O-])OP(=O)([O-])OCC1OC(n2cnc3c(N)ncnc32)C(O)C1OP(=O)([O-])[O-]. The quantitative estimate of drug-likeness (QED) is 0.0369. The number of fused-ring (bicyclic) bond motifs is 1. The molecule has 1 saturated heterocycles. The Morgan fingerprint density at radius 2 is 1.40 bits per heavy atom. The number of amides is 2. The first-order valence-electron chi connectivity index (χ1n) is 22.3. The fraction of sp³-hybridized carbons (Fsp3) is 0.769. The molecule has 28 heteroatoms. The van der Waals surface area contributed by atoms with Crippen LogP contribution in [0.3, 0.4) is 0 Å². The minimum atomic E-state index is -5.94. The number of carbonyl (C=O) groups excluding carboxylic acids is 4. The van der Waals surface area contributed by atoms with Gasteiger partial charge in [-0.2, -0.15) is 0 Å². The lowest BCUT2D eigenvalue weighted by molar-refractivity contribution is -0.347. The molecule has 1 aliphatic heterocycles. The molecule has 2 aromatic heterocycles. The minimum Gasteiger partial charge on any atom is -0.790 e. The number of anilines is 1. The average molecular weight is 1010 g/mol. The Morgan fingerprint density at radius 1 is 0.836 bits per heavy atom. The van der Waals surface area contributed by atoms with Crippen molar-refractivity contribution in [2.75, 3.05) is 32.0 Å². The Balaban J connectivity index is 1.33. The predicted molar refractivity (Wildman–Crippen MR) is 230 cm³/mol. The van der Waals surface area contributed by atoms with E-state index in [1.807, 2.05) is 0 Å². The van der Waals surface area contributed by atoms with Gasteiger partial charge in [0.2, 0.25) is 11.8 Å². The van der Waals surface area contributed by atoms with E-state index >= 15 is 0 Å². The number of nitrogens with zero attached hydrogens (tertiary/aromatic N) is 4. The molecule has 0 spiro atoms. The monoisotopic (exact) mass is 1010 g/mol. The Hall–Kier alpha value is -3.12. The number of nitrogens with two attached hydrogens (primary N) is 1. The second-order valence-corrected chi connectivity index (χ2v) is 21.0. The van der Waals surface area contributed by atoms with Crippen molar-refractivity contribution in [3.63, 3.8) is 0 Å². The van der Waals surface area contributed by atoms with Gasteiger partial charge < -0.3 is 69.0 Å². The van der Waals surface area contributed by atoms with E-state index < -0.39 is 84.6 Å². The first-order chi connectivity index (χ1) is 31.4. The lowest BCUT2D eigenvalue weighted by atomic mass is 9.87. The highest BCUT2D eigenvalue weighted by molar-refractivity contribution is 7.59. The summed E-state index contributed by atoms with van der Waals surface area (Å²) in [6.07, 6.45) is 7.73. The topological polar surface area (TPSA) is 392 Å². The number of phosphoric ester groups is 3. The smallest absolute Gasteiger partial charge is 0.274 e. The van der Waals surface area contributed by atoms with Crippen molar-refractivity contribution < 1.29 is 85.3 Å². The van der Waals surface area contributed by atoms with E-state index in [0.717, 1.165) is 42.9 Å². The zero-order valence-electron chi connectivity index (χ0n) is 38.0. The Labute approximate surface area is 389 Å². The standard InChI is InChI=1S/C39H68N7O18P3/c1-4-5-6-7-8-9-10-11-12-13-14-15-16-17-27(47)22-28(48)18-20-41-30(49)19-21-42-37(52)34(51)39(2,3)24-61-67(58,59)64-66(56,57)60-23-29-33(63-65(53,54)55)32(50)38(62-29)46-26-45-31-35(40)43-25-44-36(31)46/h25-26,29,32-34,38,50-51H,4-24H2,1-3H3,(H,41,49)(H,42,52)(H,56,57)(H,58,59)(H2,40,43,44)(H2,53,54,55)/p-4. The summed E-state index contributed by atoms with van der Waals surface area (Å²) in [5.74, 6) is -2.12. The maximum Gasteiger partial charge on any atom is 0.274 e. The number of carbonyl (C=O) groups is 4. The summed E-state index contributed by atoms with van der Waals surface area (Å²) in [7, 11) is -17.7. The zero-order chi connectivity index (χ0) is 49.8. The molecule has 0 saturated carbocycles. The lowest BCUT2D eigenvalue weighted by Crippen LogP contribution is -2.46. The maximum absolute atomic E-state index is 12.6. The maximum atomic E-state index is 12.6.